The van der Waals surface area contributed by atoms with Gasteiger partial charge >= 0.3 is 0 Å². The largest absolute Gasteiger partial charge is 0.323 e. The molecule has 0 spiro atoms. The molecule has 0 aliphatic heterocycles. The van der Waals surface area contributed by atoms with Crippen LogP contribution in [-0.4, -0.2) is 15.1 Å². The van der Waals surface area contributed by atoms with Gasteiger partial charge < -0.3 is 5.84 Å². The quantitative estimate of drug-likeness (QED) is 0.478. The maximum Gasteiger partial charge on any atom is 0.137 e. The second kappa shape index (κ2) is 3.42. The van der Waals surface area contributed by atoms with Crippen molar-refractivity contribution in [2.75, 3.05) is 0 Å². The molecule has 0 fully saturated rings. The van der Waals surface area contributed by atoms with Gasteiger partial charge in [0.1, 0.15) is 5.65 Å². The zero-order chi connectivity index (χ0) is 10.1. The summed E-state index contributed by atoms with van der Waals surface area (Å²) in [6, 6.07) is 3.87. The van der Waals surface area contributed by atoms with E-state index in [1.807, 2.05) is 29.7 Å². The third kappa shape index (κ3) is 1.39. The van der Waals surface area contributed by atoms with Gasteiger partial charge in [-0.2, -0.15) is 5.10 Å². The SMILES string of the molecule is CC(=NN)c1cnc2ccc(Br)cn12. The number of hydrogen-bond acceptors (Lipinski definition) is 3. The molecule has 2 aromatic heterocycles. The van der Waals surface area contributed by atoms with E-state index >= 15 is 0 Å². The Morgan fingerprint density at radius 2 is 2.36 bits per heavy atom. The molecule has 0 aliphatic carbocycles. The van der Waals surface area contributed by atoms with Crippen LogP contribution in [0.25, 0.3) is 5.65 Å². The number of halogens is 1. The molecular formula is C9H9BrN4. The number of rotatable bonds is 1. The van der Waals surface area contributed by atoms with E-state index < -0.39 is 0 Å². The van der Waals surface area contributed by atoms with Crippen LogP contribution in [0.2, 0.25) is 0 Å². The average Bonchev–Trinajstić information content (AvgIpc) is 2.59. The van der Waals surface area contributed by atoms with Crippen molar-refractivity contribution >= 4 is 27.3 Å². The number of imidazole rings is 1. The van der Waals surface area contributed by atoms with Crippen LogP contribution in [0.1, 0.15) is 12.6 Å². The van der Waals surface area contributed by atoms with E-state index in [1.165, 1.54) is 0 Å². The Hall–Kier alpha value is -1.36. The van der Waals surface area contributed by atoms with Crippen molar-refractivity contribution < 1.29 is 0 Å². The van der Waals surface area contributed by atoms with Gasteiger partial charge in [0.25, 0.3) is 0 Å². The topological polar surface area (TPSA) is 55.7 Å². The van der Waals surface area contributed by atoms with E-state index in [2.05, 4.69) is 26.0 Å². The molecule has 0 saturated heterocycles. The van der Waals surface area contributed by atoms with Gasteiger partial charge in [-0.05, 0) is 35.0 Å². The van der Waals surface area contributed by atoms with Gasteiger partial charge in [0, 0.05) is 10.7 Å². The van der Waals surface area contributed by atoms with Gasteiger partial charge in [0.15, 0.2) is 0 Å². The number of pyridine rings is 1. The van der Waals surface area contributed by atoms with E-state index in [9.17, 15) is 0 Å². The van der Waals surface area contributed by atoms with Crippen molar-refractivity contribution in [3.05, 3.63) is 34.7 Å². The van der Waals surface area contributed by atoms with Gasteiger partial charge in [-0.1, -0.05) is 0 Å². The predicted octanol–water partition coefficient (Wildman–Crippen LogP) is 1.78. The minimum atomic E-state index is 0.760. The molecule has 2 heterocycles. The van der Waals surface area contributed by atoms with Crippen molar-refractivity contribution in [1.82, 2.24) is 9.38 Å². The van der Waals surface area contributed by atoms with Gasteiger partial charge in [-0.3, -0.25) is 4.40 Å². The fraction of sp³-hybridized carbons (Fsp3) is 0.111. The molecule has 0 aliphatic rings. The third-order valence-electron chi connectivity index (χ3n) is 2.03. The first-order chi connectivity index (χ1) is 6.72. The Kier molecular flexibility index (Phi) is 2.25. The molecule has 0 radical (unpaired) electrons. The summed E-state index contributed by atoms with van der Waals surface area (Å²) in [5, 5.41) is 3.65. The summed E-state index contributed by atoms with van der Waals surface area (Å²) < 4.78 is 2.93. The zero-order valence-electron chi connectivity index (χ0n) is 7.61. The van der Waals surface area contributed by atoms with Crippen LogP contribution in [0.3, 0.4) is 0 Å². The predicted molar refractivity (Wildman–Crippen MR) is 59.3 cm³/mol. The number of nitrogens with zero attached hydrogens (tertiary/aromatic N) is 3. The fourth-order valence-corrected chi connectivity index (χ4v) is 1.63. The van der Waals surface area contributed by atoms with Crippen LogP contribution < -0.4 is 5.84 Å². The van der Waals surface area contributed by atoms with Crippen LogP contribution in [0.4, 0.5) is 0 Å². The number of nitrogens with two attached hydrogens (primary N) is 1. The summed E-state index contributed by atoms with van der Waals surface area (Å²) in [4.78, 5) is 4.23. The summed E-state index contributed by atoms with van der Waals surface area (Å²) in [5.74, 6) is 5.23. The molecule has 0 unspecified atom stereocenters. The molecule has 4 nitrogen and oxygen atoms in total. The smallest absolute Gasteiger partial charge is 0.137 e. The lowest BCUT2D eigenvalue weighted by atomic mass is 10.3. The highest BCUT2D eigenvalue weighted by atomic mass is 79.9. The monoisotopic (exact) mass is 252 g/mol. The summed E-state index contributed by atoms with van der Waals surface area (Å²) in [6.45, 7) is 1.85. The van der Waals surface area contributed by atoms with Crippen LogP contribution in [0.5, 0.6) is 0 Å². The normalized spacial score (nSPS) is 12.3. The lowest BCUT2D eigenvalue weighted by molar-refractivity contribution is 1.13. The maximum atomic E-state index is 5.23. The molecule has 0 saturated carbocycles. The highest BCUT2D eigenvalue weighted by molar-refractivity contribution is 9.10. The molecular weight excluding hydrogens is 244 g/mol. The van der Waals surface area contributed by atoms with Crippen molar-refractivity contribution in [3.8, 4) is 0 Å². The first kappa shape index (κ1) is 9.21. The standard InChI is InChI=1S/C9H9BrN4/c1-6(13-11)8-4-12-9-3-2-7(10)5-14(8)9/h2-5H,11H2,1H3. The number of hydrazone groups is 1. The lowest BCUT2D eigenvalue weighted by Crippen LogP contribution is -2.02. The minimum Gasteiger partial charge on any atom is -0.323 e. The van der Waals surface area contributed by atoms with Gasteiger partial charge in [-0.25, -0.2) is 4.98 Å². The van der Waals surface area contributed by atoms with Crippen LogP contribution in [-0.2, 0) is 0 Å². The number of aromatic nitrogens is 2. The highest BCUT2D eigenvalue weighted by Crippen LogP contribution is 2.13. The first-order valence-electron chi connectivity index (χ1n) is 4.10. The van der Waals surface area contributed by atoms with Crippen molar-refractivity contribution in [2.24, 2.45) is 10.9 Å². The van der Waals surface area contributed by atoms with E-state index in [0.717, 1.165) is 21.5 Å². The van der Waals surface area contributed by atoms with E-state index in [0.29, 0.717) is 0 Å². The number of hydrogen-bond donors (Lipinski definition) is 1. The molecule has 2 N–H and O–H groups in total. The van der Waals surface area contributed by atoms with Crippen LogP contribution in [0, 0.1) is 0 Å². The minimum absolute atomic E-state index is 0.760. The van der Waals surface area contributed by atoms with Crippen LogP contribution in [0.15, 0.2) is 34.1 Å². The Bertz CT molecular complexity index is 500. The Labute approximate surface area is 89.6 Å². The highest BCUT2D eigenvalue weighted by Gasteiger charge is 2.05. The maximum absolute atomic E-state index is 5.23. The summed E-state index contributed by atoms with van der Waals surface area (Å²) in [5.41, 5.74) is 2.55. The lowest BCUT2D eigenvalue weighted by Gasteiger charge is -2.00. The summed E-state index contributed by atoms with van der Waals surface area (Å²) >= 11 is 3.40. The molecule has 72 valence electrons. The van der Waals surface area contributed by atoms with E-state index in [-0.39, 0.29) is 0 Å². The van der Waals surface area contributed by atoms with Crippen LogP contribution >= 0.6 is 15.9 Å². The van der Waals surface area contributed by atoms with Crippen molar-refractivity contribution in [1.29, 1.82) is 0 Å². The molecule has 0 amide bonds. The Morgan fingerprint density at radius 3 is 3.07 bits per heavy atom. The second-order valence-corrected chi connectivity index (χ2v) is 3.85. The summed E-state index contributed by atoms with van der Waals surface area (Å²) in [6.07, 6.45) is 3.69. The first-order valence-corrected chi connectivity index (χ1v) is 4.89. The van der Waals surface area contributed by atoms with E-state index in [4.69, 9.17) is 5.84 Å². The Balaban J connectivity index is 2.73. The van der Waals surface area contributed by atoms with Gasteiger partial charge in [-0.15, -0.1) is 0 Å². The molecule has 0 atom stereocenters. The molecule has 0 bridgehead atoms. The van der Waals surface area contributed by atoms with Gasteiger partial charge in [0.2, 0.25) is 0 Å². The molecule has 2 rings (SSSR count). The third-order valence-corrected chi connectivity index (χ3v) is 2.50. The molecule has 2 aromatic rings. The van der Waals surface area contributed by atoms with E-state index in [1.54, 1.807) is 6.20 Å². The summed E-state index contributed by atoms with van der Waals surface area (Å²) in [7, 11) is 0. The Morgan fingerprint density at radius 1 is 1.57 bits per heavy atom. The fourth-order valence-electron chi connectivity index (χ4n) is 1.29. The second-order valence-electron chi connectivity index (χ2n) is 2.93. The molecule has 5 heteroatoms. The molecule has 0 aromatic carbocycles. The zero-order valence-corrected chi connectivity index (χ0v) is 9.19. The van der Waals surface area contributed by atoms with Gasteiger partial charge in [0.05, 0.1) is 17.6 Å². The number of fused-ring (bicyclic) bond motifs is 1. The van der Waals surface area contributed by atoms with Crippen molar-refractivity contribution in [2.45, 2.75) is 6.92 Å². The average molecular weight is 253 g/mol. The molecule has 14 heavy (non-hydrogen) atoms. The van der Waals surface area contributed by atoms with Crippen molar-refractivity contribution in [3.63, 3.8) is 0 Å².